The minimum absolute atomic E-state index is 0.295. The van der Waals surface area contributed by atoms with Crippen molar-refractivity contribution in [1.82, 2.24) is 5.32 Å². The van der Waals surface area contributed by atoms with Gasteiger partial charge in [-0.1, -0.05) is 13.3 Å². The second-order valence-electron chi connectivity index (χ2n) is 4.25. The van der Waals surface area contributed by atoms with E-state index >= 15 is 0 Å². The lowest BCUT2D eigenvalue weighted by atomic mass is 10.1. The predicted octanol–water partition coefficient (Wildman–Crippen LogP) is 1.69. The van der Waals surface area contributed by atoms with Crippen LogP contribution in [0.4, 0.5) is 0 Å². The van der Waals surface area contributed by atoms with Crippen LogP contribution in [0.1, 0.15) is 30.1 Å². The maximum atomic E-state index is 12.1. The summed E-state index contributed by atoms with van der Waals surface area (Å²) in [6.07, 6.45) is 1.04. The smallest absolute Gasteiger partial charge is 0.326 e. The molecule has 0 spiro atoms. The predicted molar refractivity (Wildman–Crippen MR) is 73.3 cm³/mol. The number of carboxylic acids is 1. The van der Waals surface area contributed by atoms with Crippen molar-refractivity contribution in [1.29, 1.82) is 0 Å². The van der Waals surface area contributed by atoms with E-state index < -0.39 is 17.9 Å². The maximum absolute atomic E-state index is 12.1. The fourth-order valence-electron chi connectivity index (χ4n) is 1.73. The van der Waals surface area contributed by atoms with Crippen molar-refractivity contribution in [2.24, 2.45) is 0 Å². The van der Waals surface area contributed by atoms with Crippen LogP contribution < -0.4 is 14.8 Å². The molecule has 0 aliphatic carbocycles. The Morgan fingerprint density at radius 3 is 2.15 bits per heavy atom. The van der Waals surface area contributed by atoms with Crippen LogP contribution in [-0.2, 0) is 4.79 Å². The van der Waals surface area contributed by atoms with Gasteiger partial charge in [-0.3, -0.25) is 4.79 Å². The van der Waals surface area contributed by atoms with E-state index in [0.29, 0.717) is 29.9 Å². The van der Waals surface area contributed by atoms with Crippen LogP contribution in [0.2, 0.25) is 0 Å². The number of carboxylic acid groups (broad SMARTS) is 1. The Bertz CT molecular complexity index is 464. The highest BCUT2D eigenvalue weighted by atomic mass is 16.5. The third-order valence-electron chi connectivity index (χ3n) is 2.79. The molecule has 0 radical (unpaired) electrons. The lowest BCUT2D eigenvalue weighted by molar-refractivity contribution is -0.139. The van der Waals surface area contributed by atoms with Crippen molar-refractivity contribution in [3.05, 3.63) is 23.8 Å². The molecule has 6 heteroatoms. The number of rotatable bonds is 7. The first-order valence-corrected chi connectivity index (χ1v) is 6.28. The standard InChI is InChI=1S/C14H19NO5/c1-4-5-12(14(17)18)15-13(16)9-6-10(19-2)8-11(7-9)20-3/h6-8,12H,4-5H2,1-3H3,(H,15,16)(H,17,18)/t12-/m0/s1. The lowest BCUT2D eigenvalue weighted by Crippen LogP contribution is -2.40. The number of benzene rings is 1. The highest BCUT2D eigenvalue weighted by Gasteiger charge is 2.20. The van der Waals surface area contributed by atoms with Crippen LogP contribution in [0.15, 0.2) is 18.2 Å². The van der Waals surface area contributed by atoms with E-state index in [1.165, 1.54) is 26.4 Å². The van der Waals surface area contributed by atoms with E-state index in [0.717, 1.165) is 0 Å². The summed E-state index contributed by atoms with van der Waals surface area (Å²) in [7, 11) is 2.96. The number of ether oxygens (including phenoxy) is 2. The van der Waals surface area contributed by atoms with Gasteiger partial charge in [0, 0.05) is 11.6 Å². The zero-order valence-electron chi connectivity index (χ0n) is 11.8. The monoisotopic (exact) mass is 281 g/mol. The van der Waals surface area contributed by atoms with Gasteiger partial charge in [0.2, 0.25) is 0 Å². The molecule has 0 heterocycles. The van der Waals surface area contributed by atoms with Gasteiger partial charge in [0.1, 0.15) is 17.5 Å². The second kappa shape index (κ2) is 7.37. The average Bonchev–Trinajstić information content (AvgIpc) is 2.45. The van der Waals surface area contributed by atoms with E-state index in [4.69, 9.17) is 14.6 Å². The third kappa shape index (κ3) is 4.15. The van der Waals surface area contributed by atoms with Gasteiger partial charge in [0.15, 0.2) is 0 Å². The molecule has 1 rings (SSSR count). The number of carbonyl (C=O) groups is 2. The number of carbonyl (C=O) groups excluding carboxylic acids is 1. The number of hydrogen-bond acceptors (Lipinski definition) is 4. The molecule has 0 saturated heterocycles. The van der Waals surface area contributed by atoms with Gasteiger partial charge in [-0.25, -0.2) is 4.79 Å². The Balaban J connectivity index is 2.93. The van der Waals surface area contributed by atoms with E-state index in [2.05, 4.69) is 5.32 Å². The molecule has 6 nitrogen and oxygen atoms in total. The van der Waals surface area contributed by atoms with Crippen LogP contribution >= 0.6 is 0 Å². The largest absolute Gasteiger partial charge is 0.497 e. The number of hydrogen-bond donors (Lipinski definition) is 2. The van der Waals surface area contributed by atoms with Gasteiger partial charge in [0.05, 0.1) is 14.2 Å². The van der Waals surface area contributed by atoms with Gasteiger partial charge in [-0.05, 0) is 18.6 Å². The Labute approximate surface area is 117 Å². The third-order valence-corrected chi connectivity index (χ3v) is 2.79. The summed E-state index contributed by atoms with van der Waals surface area (Å²) in [5.41, 5.74) is 0.295. The number of nitrogens with one attached hydrogen (secondary N) is 1. The molecule has 2 N–H and O–H groups in total. The maximum Gasteiger partial charge on any atom is 0.326 e. The molecule has 20 heavy (non-hydrogen) atoms. The van der Waals surface area contributed by atoms with Crippen molar-refractivity contribution < 1.29 is 24.2 Å². The summed E-state index contributed by atoms with van der Waals surface area (Å²) in [5.74, 6) is -0.577. The van der Waals surface area contributed by atoms with E-state index in [9.17, 15) is 9.59 Å². The molecule has 0 saturated carbocycles. The first-order valence-electron chi connectivity index (χ1n) is 6.28. The lowest BCUT2D eigenvalue weighted by Gasteiger charge is -2.14. The zero-order valence-corrected chi connectivity index (χ0v) is 11.8. The van der Waals surface area contributed by atoms with Gasteiger partial charge in [-0.2, -0.15) is 0 Å². The Kier molecular flexibility index (Phi) is 5.83. The number of amides is 1. The fraction of sp³-hybridized carbons (Fsp3) is 0.429. The Morgan fingerprint density at radius 1 is 1.20 bits per heavy atom. The molecular weight excluding hydrogens is 262 g/mol. The summed E-state index contributed by atoms with van der Waals surface area (Å²) < 4.78 is 10.1. The SMILES string of the molecule is CCC[C@H](NC(=O)c1cc(OC)cc(OC)c1)C(=O)O. The molecule has 0 aliphatic heterocycles. The molecule has 1 atom stereocenters. The normalized spacial score (nSPS) is 11.6. The van der Waals surface area contributed by atoms with Crippen molar-refractivity contribution in [3.63, 3.8) is 0 Å². The fourth-order valence-corrected chi connectivity index (χ4v) is 1.73. The molecule has 110 valence electrons. The van der Waals surface area contributed by atoms with Crippen LogP contribution in [0.3, 0.4) is 0 Å². The summed E-state index contributed by atoms with van der Waals surface area (Å²) >= 11 is 0. The first-order chi connectivity index (χ1) is 9.51. The topological polar surface area (TPSA) is 84.9 Å². The first kappa shape index (κ1) is 15.8. The summed E-state index contributed by atoms with van der Waals surface area (Å²) in [6.45, 7) is 1.86. The van der Waals surface area contributed by atoms with Crippen molar-refractivity contribution >= 4 is 11.9 Å². The quantitative estimate of drug-likeness (QED) is 0.794. The van der Waals surface area contributed by atoms with Gasteiger partial charge in [-0.15, -0.1) is 0 Å². The van der Waals surface area contributed by atoms with Crippen molar-refractivity contribution in [2.45, 2.75) is 25.8 Å². The van der Waals surface area contributed by atoms with Crippen molar-refractivity contribution in [3.8, 4) is 11.5 Å². The number of methoxy groups -OCH3 is 2. The van der Waals surface area contributed by atoms with Gasteiger partial charge >= 0.3 is 5.97 Å². The minimum Gasteiger partial charge on any atom is -0.497 e. The van der Waals surface area contributed by atoms with Crippen LogP contribution in [0.5, 0.6) is 11.5 Å². The van der Waals surface area contributed by atoms with E-state index in [1.807, 2.05) is 6.92 Å². The number of aliphatic carboxylic acids is 1. The molecule has 0 fully saturated rings. The Hall–Kier alpha value is -2.24. The van der Waals surface area contributed by atoms with Gasteiger partial charge < -0.3 is 19.9 Å². The molecular formula is C14H19NO5. The van der Waals surface area contributed by atoms with Gasteiger partial charge in [0.25, 0.3) is 5.91 Å². The van der Waals surface area contributed by atoms with E-state index in [1.54, 1.807) is 6.07 Å². The minimum atomic E-state index is -1.05. The van der Waals surface area contributed by atoms with Crippen LogP contribution in [0, 0.1) is 0 Å². The Morgan fingerprint density at radius 2 is 1.75 bits per heavy atom. The summed E-state index contributed by atoms with van der Waals surface area (Å²) in [5, 5.41) is 11.5. The molecule has 1 aromatic carbocycles. The zero-order chi connectivity index (χ0) is 15.1. The average molecular weight is 281 g/mol. The molecule has 0 unspecified atom stereocenters. The summed E-state index contributed by atoms with van der Waals surface area (Å²) in [4.78, 5) is 23.1. The molecule has 0 aromatic heterocycles. The molecule has 0 bridgehead atoms. The molecule has 1 aromatic rings. The summed E-state index contributed by atoms with van der Waals surface area (Å²) in [6, 6.07) is 3.80. The van der Waals surface area contributed by atoms with E-state index in [-0.39, 0.29) is 0 Å². The highest BCUT2D eigenvalue weighted by molar-refractivity contribution is 5.97. The molecule has 1 amide bonds. The van der Waals surface area contributed by atoms with Crippen LogP contribution in [0.25, 0.3) is 0 Å². The molecule has 0 aliphatic rings. The van der Waals surface area contributed by atoms with Crippen LogP contribution in [-0.4, -0.2) is 37.2 Å². The second-order valence-corrected chi connectivity index (χ2v) is 4.25. The van der Waals surface area contributed by atoms with Crippen molar-refractivity contribution in [2.75, 3.05) is 14.2 Å². The highest BCUT2D eigenvalue weighted by Crippen LogP contribution is 2.22.